The molecule has 0 aliphatic rings. The van der Waals surface area contributed by atoms with Crippen molar-refractivity contribution in [3.63, 3.8) is 0 Å². The van der Waals surface area contributed by atoms with Crippen LogP contribution in [0, 0.1) is 6.92 Å². The van der Waals surface area contributed by atoms with Crippen molar-refractivity contribution in [2.45, 2.75) is 39.8 Å². The summed E-state index contributed by atoms with van der Waals surface area (Å²) >= 11 is 1.66. The molecule has 2 heterocycles. The van der Waals surface area contributed by atoms with Gasteiger partial charge in [0.25, 0.3) is 0 Å². The van der Waals surface area contributed by atoms with E-state index in [2.05, 4.69) is 39.5 Å². The van der Waals surface area contributed by atoms with Crippen LogP contribution in [-0.2, 0) is 13.0 Å². The van der Waals surface area contributed by atoms with Crippen molar-refractivity contribution in [2.75, 3.05) is 0 Å². The van der Waals surface area contributed by atoms with Gasteiger partial charge in [0.2, 0.25) is 0 Å². The number of nitrogens with one attached hydrogen (secondary N) is 1. The Morgan fingerprint density at radius 3 is 2.78 bits per heavy atom. The largest absolute Gasteiger partial charge is 0.309 e. The third-order valence-corrected chi connectivity index (χ3v) is 3.28. The first-order valence-corrected chi connectivity index (χ1v) is 6.96. The van der Waals surface area contributed by atoms with Crippen molar-refractivity contribution in [3.05, 3.63) is 39.9 Å². The van der Waals surface area contributed by atoms with Gasteiger partial charge in [0.15, 0.2) is 0 Å². The highest BCUT2D eigenvalue weighted by Gasteiger charge is 2.04. The molecule has 5 heteroatoms. The summed E-state index contributed by atoms with van der Waals surface area (Å²) in [6.07, 6.45) is 2.53. The molecule has 0 bridgehead atoms. The van der Waals surface area contributed by atoms with Crippen molar-refractivity contribution in [2.24, 2.45) is 0 Å². The fourth-order valence-corrected chi connectivity index (χ4v) is 2.20. The van der Waals surface area contributed by atoms with E-state index in [1.54, 1.807) is 11.3 Å². The molecule has 0 aliphatic heterocycles. The van der Waals surface area contributed by atoms with E-state index in [1.807, 2.05) is 19.2 Å². The molecule has 18 heavy (non-hydrogen) atoms. The van der Waals surface area contributed by atoms with E-state index in [0.29, 0.717) is 12.5 Å². The van der Waals surface area contributed by atoms with Crippen LogP contribution in [-0.4, -0.2) is 21.0 Å². The molecule has 0 spiro atoms. The van der Waals surface area contributed by atoms with Gasteiger partial charge in [-0.05, 0) is 13.0 Å². The van der Waals surface area contributed by atoms with Crippen molar-refractivity contribution < 1.29 is 0 Å². The summed E-state index contributed by atoms with van der Waals surface area (Å²) in [5, 5.41) is 6.51. The second-order valence-corrected chi connectivity index (χ2v) is 5.60. The van der Waals surface area contributed by atoms with Crippen LogP contribution in [0.5, 0.6) is 0 Å². The number of thiazole rings is 1. The summed E-state index contributed by atoms with van der Waals surface area (Å²) < 4.78 is 0. The van der Waals surface area contributed by atoms with Crippen molar-refractivity contribution >= 4 is 11.3 Å². The summed E-state index contributed by atoms with van der Waals surface area (Å²) in [5.41, 5.74) is 2.08. The molecule has 0 radical (unpaired) electrons. The van der Waals surface area contributed by atoms with Gasteiger partial charge in [-0.2, -0.15) is 0 Å². The van der Waals surface area contributed by atoms with Crippen LogP contribution >= 0.6 is 11.3 Å². The third-order valence-electron chi connectivity index (χ3n) is 2.46. The van der Waals surface area contributed by atoms with E-state index in [4.69, 9.17) is 0 Å². The van der Waals surface area contributed by atoms with Gasteiger partial charge in [-0.15, -0.1) is 11.3 Å². The van der Waals surface area contributed by atoms with Crippen LogP contribution in [0.3, 0.4) is 0 Å². The minimum absolute atomic E-state index is 0.463. The van der Waals surface area contributed by atoms with E-state index >= 15 is 0 Å². The van der Waals surface area contributed by atoms with Crippen LogP contribution in [0.1, 0.15) is 36.1 Å². The van der Waals surface area contributed by atoms with E-state index in [-0.39, 0.29) is 0 Å². The van der Waals surface area contributed by atoms with Gasteiger partial charge >= 0.3 is 0 Å². The standard InChI is InChI=1S/C13H18N4S/c1-9(2)15-7-11-4-5-14-13(17-11)6-12-8-18-10(3)16-12/h4-5,8-9,15H,6-7H2,1-3H3. The van der Waals surface area contributed by atoms with Crippen molar-refractivity contribution in [1.82, 2.24) is 20.3 Å². The zero-order chi connectivity index (χ0) is 13.0. The van der Waals surface area contributed by atoms with Gasteiger partial charge < -0.3 is 5.32 Å². The summed E-state index contributed by atoms with van der Waals surface area (Å²) in [6, 6.07) is 2.41. The zero-order valence-electron chi connectivity index (χ0n) is 11.0. The molecule has 0 aliphatic carbocycles. The molecule has 96 valence electrons. The van der Waals surface area contributed by atoms with Gasteiger partial charge in [0, 0.05) is 24.2 Å². The molecule has 0 amide bonds. The Hall–Kier alpha value is -1.33. The number of aryl methyl sites for hydroxylation is 1. The van der Waals surface area contributed by atoms with E-state index in [0.717, 1.165) is 28.8 Å². The molecule has 0 fully saturated rings. The Kier molecular flexibility index (Phi) is 4.38. The number of rotatable bonds is 5. The predicted molar refractivity (Wildman–Crippen MR) is 73.7 cm³/mol. The van der Waals surface area contributed by atoms with Crippen LogP contribution in [0.15, 0.2) is 17.6 Å². The number of hydrogen-bond acceptors (Lipinski definition) is 5. The van der Waals surface area contributed by atoms with Gasteiger partial charge in [0.1, 0.15) is 5.82 Å². The molecule has 0 saturated heterocycles. The minimum Gasteiger partial charge on any atom is -0.309 e. The monoisotopic (exact) mass is 262 g/mol. The van der Waals surface area contributed by atoms with Gasteiger partial charge in [-0.3, -0.25) is 0 Å². The first-order valence-electron chi connectivity index (χ1n) is 6.08. The Morgan fingerprint density at radius 2 is 2.11 bits per heavy atom. The maximum atomic E-state index is 4.54. The lowest BCUT2D eigenvalue weighted by molar-refractivity contribution is 0.579. The van der Waals surface area contributed by atoms with Crippen LogP contribution < -0.4 is 5.32 Å². The third kappa shape index (κ3) is 3.85. The summed E-state index contributed by atoms with van der Waals surface area (Å²) in [6.45, 7) is 7.04. The molecule has 2 aromatic rings. The Morgan fingerprint density at radius 1 is 1.28 bits per heavy atom. The van der Waals surface area contributed by atoms with E-state index < -0.39 is 0 Å². The highest BCUT2D eigenvalue weighted by molar-refractivity contribution is 7.09. The van der Waals surface area contributed by atoms with Gasteiger partial charge in [-0.1, -0.05) is 13.8 Å². The highest BCUT2D eigenvalue weighted by Crippen LogP contribution is 2.11. The molecular formula is C13H18N4S. The molecule has 0 saturated carbocycles. The SMILES string of the molecule is Cc1nc(Cc2nccc(CNC(C)C)n2)cs1. The minimum atomic E-state index is 0.463. The molecule has 2 aromatic heterocycles. The second-order valence-electron chi connectivity index (χ2n) is 4.53. The molecule has 0 atom stereocenters. The Labute approximate surface area is 112 Å². The topological polar surface area (TPSA) is 50.7 Å². The maximum absolute atomic E-state index is 4.54. The quantitative estimate of drug-likeness (QED) is 0.898. The molecule has 1 N–H and O–H groups in total. The lowest BCUT2D eigenvalue weighted by atomic mass is 10.3. The number of nitrogens with zero attached hydrogens (tertiary/aromatic N) is 3. The molecule has 0 unspecified atom stereocenters. The fourth-order valence-electron chi connectivity index (χ4n) is 1.58. The van der Waals surface area contributed by atoms with Crippen LogP contribution in [0.4, 0.5) is 0 Å². The fraction of sp³-hybridized carbons (Fsp3) is 0.462. The smallest absolute Gasteiger partial charge is 0.134 e. The predicted octanol–water partition coefficient (Wildman–Crippen LogP) is 2.33. The zero-order valence-corrected chi connectivity index (χ0v) is 11.8. The Bertz CT molecular complexity index is 507. The van der Waals surface area contributed by atoms with E-state index in [9.17, 15) is 0 Å². The molecule has 0 aromatic carbocycles. The van der Waals surface area contributed by atoms with Crippen molar-refractivity contribution in [1.29, 1.82) is 0 Å². The number of aromatic nitrogens is 3. The normalized spacial score (nSPS) is 11.1. The average molecular weight is 262 g/mol. The summed E-state index contributed by atoms with van der Waals surface area (Å²) in [7, 11) is 0. The maximum Gasteiger partial charge on any atom is 0.134 e. The second kappa shape index (κ2) is 6.02. The first-order chi connectivity index (χ1) is 8.63. The van der Waals surface area contributed by atoms with Gasteiger partial charge in [-0.25, -0.2) is 15.0 Å². The van der Waals surface area contributed by atoms with Crippen LogP contribution in [0.2, 0.25) is 0 Å². The lowest BCUT2D eigenvalue weighted by Crippen LogP contribution is -2.22. The van der Waals surface area contributed by atoms with Crippen molar-refractivity contribution in [3.8, 4) is 0 Å². The summed E-state index contributed by atoms with van der Waals surface area (Å²) in [4.78, 5) is 13.3. The highest BCUT2D eigenvalue weighted by atomic mass is 32.1. The number of hydrogen-bond donors (Lipinski definition) is 1. The van der Waals surface area contributed by atoms with Crippen LogP contribution in [0.25, 0.3) is 0 Å². The summed E-state index contributed by atoms with van der Waals surface area (Å²) in [5.74, 6) is 0.836. The molecule has 4 nitrogen and oxygen atoms in total. The van der Waals surface area contributed by atoms with E-state index in [1.165, 1.54) is 0 Å². The average Bonchev–Trinajstić information content (AvgIpc) is 2.73. The molecular weight excluding hydrogens is 244 g/mol. The Balaban J connectivity index is 2.02. The first kappa shape index (κ1) is 13.1. The van der Waals surface area contributed by atoms with Gasteiger partial charge in [0.05, 0.1) is 22.8 Å². The lowest BCUT2D eigenvalue weighted by Gasteiger charge is -2.07. The molecule has 2 rings (SSSR count).